The summed E-state index contributed by atoms with van der Waals surface area (Å²) in [6.45, 7) is 14.8. The number of benzene rings is 1. The maximum absolute atomic E-state index is 11.0. The Labute approximate surface area is 124 Å². The quantitative estimate of drug-likeness (QED) is 0.550. The molecule has 0 aliphatic rings. The summed E-state index contributed by atoms with van der Waals surface area (Å²) in [4.78, 5) is 0. The fourth-order valence-corrected chi connectivity index (χ4v) is 1.30. The first-order valence-corrected chi connectivity index (χ1v) is 7.17. The van der Waals surface area contributed by atoms with Crippen molar-refractivity contribution in [3.8, 4) is 0 Å². The van der Waals surface area contributed by atoms with Crippen LogP contribution < -0.4 is 0 Å². The van der Waals surface area contributed by atoms with E-state index in [0.29, 0.717) is 0 Å². The van der Waals surface area contributed by atoms with E-state index in [1.165, 1.54) is 30.5 Å². The molecule has 0 N–H and O–H groups in total. The Bertz CT molecular complexity index is 392. The van der Waals surface area contributed by atoms with Crippen LogP contribution in [0, 0.1) is 6.92 Å². The molecule has 0 unspecified atom stereocenters. The molecule has 1 aromatic carbocycles. The van der Waals surface area contributed by atoms with Crippen LogP contribution in [0.1, 0.15) is 45.7 Å². The van der Waals surface area contributed by atoms with E-state index < -0.39 is 6.17 Å². The monoisotopic (exact) mass is 276 g/mol. The standard InChI is InChI=1S/C14H16.C3H7F.C2H6/c1-4-6-13(7-5-2)14-10-8-12(3)9-11-14;1-3(2)4;1-2/h4-11H,1H2,2-3H3;3H,1-2H3;1-2H3/b7-5-,13-6+;;. The van der Waals surface area contributed by atoms with Gasteiger partial charge in [0, 0.05) is 0 Å². The highest BCUT2D eigenvalue weighted by atomic mass is 19.1. The van der Waals surface area contributed by atoms with Crippen LogP contribution >= 0.6 is 0 Å². The van der Waals surface area contributed by atoms with E-state index in [4.69, 9.17) is 0 Å². The van der Waals surface area contributed by atoms with Gasteiger partial charge >= 0.3 is 0 Å². The predicted molar refractivity (Wildman–Crippen MR) is 91.8 cm³/mol. The molecule has 0 saturated heterocycles. The lowest BCUT2D eigenvalue weighted by Crippen LogP contribution is -1.80. The minimum Gasteiger partial charge on any atom is -0.248 e. The number of allylic oxidation sites excluding steroid dienone is 5. The van der Waals surface area contributed by atoms with E-state index in [-0.39, 0.29) is 0 Å². The molecule has 0 fully saturated rings. The van der Waals surface area contributed by atoms with E-state index in [1.807, 2.05) is 39.0 Å². The molecular weight excluding hydrogens is 247 g/mol. The first kappa shape index (κ1) is 20.7. The van der Waals surface area contributed by atoms with Crippen LogP contribution in [0.5, 0.6) is 0 Å². The van der Waals surface area contributed by atoms with Crippen molar-refractivity contribution in [1.82, 2.24) is 0 Å². The lowest BCUT2D eigenvalue weighted by molar-refractivity contribution is 0.391. The van der Waals surface area contributed by atoms with Crippen LogP contribution in [0.3, 0.4) is 0 Å². The zero-order chi connectivity index (χ0) is 16.0. The zero-order valence-corrected chi connectivity index (χ0v) is 13.8. The topological polar surface area (TPSA) is 0 Å². The van der Waals surface area contributed by atoms with Gasteiger partial charge in [-0.15, -0.1) is 0 Å². The highest BCUT2D eigenvalue weighted by molar-refractivity contribution is 5.75. The molecule has 0 aliphatic heterocycles. The first-order chi connectivity index (χ1) is 9.51. The predicted octanol–water partition coefficient (Wildman–Crippen LogP) is 6.53. The number of rotatable bonds is 3. The van der Waals surface area contributed by atoms with Crippen molar-refractivity contribution in [3.05, 3.63) is 66.3 Å². The van der Waals surface area contributed by atoms with Gasteiger partial charge in [0.05, 0.1) is 6.17 Å². The average Bonchev–Trinajstić information content (AvgIpc) is 2.41. The molecule has 0 spiro atoms. The lowest BCUT2D eigenvalue weighted by Gasteiger charge is -2.02. The second-order valence-electron chi connectivity index (χ2n) is 4.24. The van der Waals surface area contributed by atoms with Crippen LogP contribution in [0.15, 0.2) is 55.1 Å². The van der Waals surface area contributed by atoms with Crippen molar-refractivity contribution in [3.63, 3.8) is 0 Å². The third-order valence-electron chi connectivity index (χ3n) is 2.03. The molecule has 0 amide bonds. The Balaban J connectivity index is 0. The number of aryl methyl sites for hydroxylation is 1. The summed E-state index contributed by atoms with van der Waals surface area (Å²) >= 11 is 0. The summed E-state index contributed by atoms with van der Waals surface area (Å²) in [5.74, 6) is 0. The maximum atomic E-state index is 11.0. The molecule has 0 radical (unpaired) electrons. The first-order valence-electron chi connectivity index (χ1n) is 7.17. The number of halogens is 1. The highest BCUT2D eigenvalue weighted by Crippen LogP contribution is 2.16. The Hall–Kier alpha value is -1.63. The second-order valence-corrected chi connectivity index (χ2v) is 4.24. The summed E-state index contributed by atoms with van der Waals surface area (Å²) in [5, 5.41) is 0. The van der Waals surface area contributed by atoms with Gasteiger partial charge in [0.15, 0.2) is 0 Å². The highest BCUT2D eigenvalue weighted by Gasteiger charge is 1.95. The largest absolute Gasteiger partial charge is 0.248 e. The van der Waals surface area contributed by atoms with Crippen LogP contribution in [0.2, 0.25) is 0 Å². The normalized spacial score (nSPS) is 10.5. The molecule has 0 bridgehead atoms. The Kier molecular flexibility index (Phi) is 14.3. The number of alkyl halides is 1. The Morgan fingerprint density at radius 2 is 1.60 bits per heavy atom. The van der Waals surface area contributed by atoms with E-state index >= 15 is 0 Å². The van der Waals surface area contributed by atoms with Crippen LogP contribution in [0.25, 0.3) is 5.57 Å². The van der Waals surface area contributed by atoms with Crippen molar-refractivity contribution in [2.45, 2.75) is 47.7 Å². The summed E-state index contributed by atoms with van der Waals surface area (Å²) < 4.78 is 11.0. The van der Waals surface area contributed by atoms with E-state index in [0.717, 1.165) is 0 Å². The molecular formula is C19H29F. The molecule has 0 nitrogen and oxygen atoms in total. The average molecular weight is 276 g/mol. The van der Waals surface area contributed by atoms with Crippen molar-refractivity contribution in [2.24, 2.45) is 0 Å². The van der Waals surface area contributed by atoms with Crippen LogP contribution in [0.4, 0.5) is 4.39 Å². The minimum absolute atomic E-state index is 0.667. The Morgan fingerprint density at radius 3 is 1.95 bits per heavy atom. The molecule has 0 saturated carbocycles. The van der Waals surface area contributed by atoms with Crippen molar-refractivity contribution >= 4 is 5.57 Å². The molecule has 1 heteroatoms. The van der Waals surface area contributed by atoms with Gasteiger partial charge in [-0.25, -0.2) is 4.39 Å². The molecule has 112 valence electrons. The van der Waals surface area contributed by atoms with Gasteiger partial charge in [0.2, 0.25) is 0 Å². The lowest BCUT2D eigenvalue weighted by atomic mass is 10.0. The van der Waals surface area contributed by atoms with Gasteiger partial charge in [0.1, 0.15) is 0 Å². The SMILES string of the molecule is C=C/C=C(\C=C/C)c1ccc(C)cc1.CC.CC(C)F. The number of hydrogen-bond donors (Lipinski definition) is 0. The van der Waals surface area contributed by atoms with E-state index in [2.05, 4.69) is 43.8 Å². The van der Waals surface area contributed by atoms with Gasteiger partial charge in [-0.3, -0.25) is 0 Å². The fraction of sp³-hybridized carbons (Fsp3) is 0.368. The summed E-state index contributed by atoms with van der Waals surface area (Å²) in [7, 11) is 0. The van der Waals surface area contributed by atoms with Gasteiger partial charge < -0.3 is 0 Å². The molecule has 1 rings (SSSR count). The van der Waals surface area contributed by atoms with Crippen LogP contribution in [-0.4, -0.2) is 6.17 Å². The summed E-state index contributed by atoms with van der Waals surface area (Å²) in [6, 6.07) is 8.50. The zero-order valence-electron chi connectivity index (χ0n) is 13.8. The van der Waals surface area contributed by atoms with Gasteiger partial charge in [-0.2, -0.15) is 0 Å². The molecule has 0 atom stereocenters. The van der Waals surface area contributed by atoms with Gasteiger partial charge in [0.25, 0.3) is 0 Å². The number of hydrogen-bond acceptors (Lipinski definition) is 0. The Morgan fingerprint density at radius 1 is 1.15 bits per heavy atom. The molecule has 20 heavy (non-hydrogen) atoms. The molecule has 0 aromatic heterocycles. The smallest absolute Gasteiger partial charge is 0.0945 e. The maximum Gasteiger partial charge on any atom is 0.0945 e. The fourth-order valence-electron chi connectivity index (χ4n) is 1.30. The van der Waals surface area contributed by atoms with Crippen molar-refractivity contribution in [2.75, 3.05) is 0 Å². The van der Waals surface area contributed by atoms with Crippen LogP contribution in [-0.2, 0) is 0 Å². The third-order valence-corrected chi connectivity index (χ3v) is 2.03. The summed E-state index contributed by atoms with van der Waals surface area (Å²) in [6.07, 6.45) is 7.29. The van der Waals surface area contributed by atoms with Gasteiger partial charge in [-0.05, 0) is 38.8 Å². The van der Waals surface area contributed by atoms with Crippen molar-refractivity contribution in [1.29, 1.82) is 0 Å². The molecule has 0 heterocycles. The molecule has 1 aromatic rings. The van der Waals surface area contributed by atoms with Crippen molar-refractivity contribution < 1.29 is 4.39 Å². The summed E-state index contributed by atoms with van der Waals surface area (Å²) in [5.41, 5.74) is 3.71. The molecule has 0 aliphatic carbocycles. The third kappa shape index (κ3) is 11.5. The van der Waals surface area contributed by atoms with E-state index in [1.54, 1.807) is 0 Å². The minimum atomic E-state index is -0.667. The van der Waals surface area contributed by atoms with E-state index in [9.17, 15) is 4.39 Å². The van der Waals surface area contributed by atoms with Gasteiger partial charge in [-0.1, -0.05) is 74.6 Å². The second kappa shape index (κ2) is 13.8.